The number of halogens is 3. The van der Waals surface area contributed by atoms with Crippen molar-refractivity contribution in [2.45, 2.75) is 50.2 Å². The van der Waals surface area contributed by atoms with Gasteiger partial charge in [-0.3, -0.25) is 13.9 Å². The highest BCUT2D eigenvalue weighted by Crippen LogP contribution is 2.34. The molecule has 0 saturated heterocycles. The number of nitrogens with zero attached hydrogens (tertiary/aromatic N) is 2. The van der Waals surface area contributed by atoms with Crippen molar-refractivity contribution in [2.24, 2.45) is 0 Å². The molecule has 0 spiro atoms. The predicted octanol–water partition coefficient (Wildman–Crippen LogP) is 6.65. The van der Waals surface area contributed by atoms with Gasteiger partial charge in [0.25, 0.3) is 10.0 Å². The second-order valence-corrected chi connectivity index (χ2v) is 15.2. The van der Waals surface area contributed by atoms with E-state index in [-0.39, 0.29) is 40.9 Å². The first-order valence-corrected chi connectivity index (χ1v) is 17.7. The van der Waals surface area contributed by atoms with Gasteiger partial charge in [-0.05, 0) is 80.4 Å². The van der Waals surface area contributed by atoms with Crippen LogP contribution < -0.4 is 19.1 Å². The largest absolute Gasteiger partial charge is 0.486 e. The Hall–Kier alpha value is -4.32. The number of hydrogen-bond donors (Lipinski definition) is 1. The number of carbonyl (C=O) groups is 2. The molecule has 0 saturated carbocycles. The zero-order valence-corrected chi connectivity index (χ0v) is 29.5. The summed E-state index contributed by atoms with van der Waals surface area (Å²) in [6.07, 6.45) is 0.126. The van der Waals surface area contributed by atoms with Crippen LogP contribution >= 0.6 is 23.2 Å². The molecule has 0 unspecified atom stereocenters. The molecule has 0 bridgehead atoms. The molecular formula is C36H36Cl2FN3O6S. The Bertz CT molecular complexity index is 1920. The molecule has 1 aliphatic heterocycles. The van der Waals surface area contributed by atoms with E-state index in [1.807, 2.05) is 51.1 Å². The Balaban J connectivity index is 1.59. The smallest absolute Gasteiger partial charge is 0.264 e. The van der Waals surface area contributed by atoms with E-state index in [1.165, 1.54) is 35.2 Å². The fourth-order valence-corrected chi connectivity index (χ4v) is 7.04. The Kier molecular flexibility index (Phi) is 11.1. The number of nitrogens with one attached hydrogen (secondary N) is 1. The van der Waals surface area contributed by atoms with Gasteiger partial charge in [-0.25, -0.2) is 12.8 Å². The first-order chi connectivity index (χ1) is 23.2. The monoisotopic (exact) mass is 727 g/mol. The molecule has 258 valence electrons. The van der Waals surface area contributed by atoms with Crippen molar-refractivity contribution in [1.82, 2.24) is 10.2 Å². The molecule has 0 fully saturated rings. The first kappa shape index (κ1) is 36.0. The SMILES string of the molecule is CC(C)(C)NC(=O)[C@H](Cc1ccccc1)N(Cc1ccc(Cl)c(Cl)c1)C(=O)CN(c1ccc(F)cc1)S(=O)(=O)c1ccc2c(c1)OCCO2. The van der Waals surface area contributed by atoms with Gasteiger partial charge < -0.3 is 19.7 Å². The third-order valence-corrected chi connectivity index (χ3v) is 10.1. The molecule has 4 aromatic rings. The van der Waals surface area contributed by atoms with Crippen LogP contribution in [0.3, 0.4) is 0 Å². The van der Waals surface area contributed by atoms with Crippen LogP contribution in [-0.4, -0.2) is 56.5 Å². The number of fused-ring (bicyclic) bond motifs is 1. The molecule has 13 heteroatoms. The minimum absolute atomic E-state index is 0.0397. The highest BCUT2D eigenvalue weighted by atomic mass is 35.5. The predicted molar refractivity (Wildman–Crippen MR) is 187 cm³/mol. The van der Waals surface area contributed by atoms with E-state index >= 15 is 0 Å². The average molecular weight is 729 g/mol. The fraction of sp³-hybridized carbons (Fsp3) is 0.278. The van der Waals surface area contributed by atoms with Gasteiger partial charge in [0.15, 0.2) is 11.5 Å². The third kappa shape index (κ3) is 9.03. The zero-order valence-electron chi connectivity index (χ0n) is 27.2. The van der Waals surface area contributed by atoms with E-state index in [1.54, 1.807) is 18.2 Å². The minimum Gasteiger partial charge on any atom is -0.486 e. The van der Waals surface area contributed by atoms with E-state index in [0.29, 0.717) is 22.9 Å². The fourth-order valence-electron chi connectivity index (χ4n) is 5.29. The summed E-state index contributed by atoms with van der Waals surface area (Å²) in [7, 11) is -4.46. The first-order valence-electron chi connectivity index (χ1n) is 15.5. The van der Waals surface area contributed by atoms with Crippen molar-refractivity contribution in [2.75, 3.05) is 24.1 Å². The van der Waals surface area contributed by atoms with Gasteiger partial charge in [-0.15, -0.1) is 0 Å². The number of carbonyl (C=O) groups excluding carboxylic acids is 2. The molecule has 2 amide bonds. The molecule has 1 aliphatic rings. The van der Waals surface area contributed by atoms with E-state index in [2.05, 4.69) is 5.32 Å². The summed E-state index contributed by atoms with van der Waals surface area (Å²) in [5.41, 5.74) is 0.736. The normalized spacial score (nSPS) is 13.3. The van der Waals surface area contributed by atoms with Gasteiger partial charge >= 0.3 is 0 Å². The van der Waals surface area contributed by atoms with Crippen molar-refractivity contribution in [1.29, 1.82) is 0 Å². The number of rotatable bonds is 11. The van der Waals surface area contributed by atoms with Crippen molar-refractivity contribution in [3.8, 4) is 11.5 Å². The van der Waals surface area contributed by atoms with Crippen molar-refractivity contribution in [3.63, 3.8) is 0 Å². The lowest BCUT2D eigenvalue weighted by molar-refractivity contribution is -0.140. The quantitative estimate of drug-likeness (QED) is 0.186. The number of anilines is 1. The highest BCUT2D eigenvalue weighted by Gasteiger charge is 2.36. The van der Waals surface area contributed by atoms with Crippen molar-refractivity contribution < 1.29 is 31.9 Å². The van der Waals surface area contributed by atoms with Gasteiger partial charge in [0, 0.05) is 24.6 Å². The van der Waals surface area contributed by atoms with Gasteiger partial charge in [0.05, 0.1) is 20.6 Å². The van der Waals surface area contributed by atoms with E-state index < -0.39 is 45.8 Å². The summed E-state index contributed by atoms with van der Waals surface area (Å²) in [4.78, 5) is 29.8. The summed E-state index contributed by atoms with van der Waals surface area (Å²) < 4.78 is 54.8. The Morgan fingerprint density at radius 3 is 2.18 bits per heavy atom. The third-order valence-electron chi connectivity index (χ3n) is 7.60. The molecule has 9 nitrogen and oxygen atoms in total. The summed E-state index contributed by atoms with van der Waals surface area (Å²) in [5.74, 6) is -1.10. The van der Waals surface area contributed by atoms with Crippen LogP contribution in [0.4, 0.5) is 10.1 Å². The number of ether oxygens (including phenoxy) is 2. The summed E-state index contributed by atoms with van der Waals surface area (Å²) in [6, 6.07) is 21.9. The van der Waals surface area contributed by atoms with E-state index in [9.17, 15) is 22.4 Å². The standard InChI is InChI=1S/C36H36Cl2FN3O6S/c1-36(2,3)40-35(44)31(20-24-7-5-4-6-8-24)41(22-25-9-15-29(37)30(38)19-25)34(43)23-42(27-12-10-26(39)11-13-27)49(45,46)28-14-16-32-33(21-28)48-18-17-47-32/h4-16,19,21,31H,17-18,20,22-23H2,1-3H3,(H,40,44)/t31-/m0/s1. The maximum atomic E-state index is 14.6. The van der Waals surface area contributed by atoms with Crippen LogP contribution in [0.15, 0.2) is 95.9 Å². The van der Waals surface area contributed by atoms with Crippen LogP contribution in [-0.2, 0) is 32.6 Å². The number of benzene rings is 4. The van der Waals surface area contributed by atoms with Crippen LogP contribution in [0, 0.1) is 5.82 Å². The lowest BCUT2D eigenvalue weighted by atomic mass is 10.0. The second kappa shape index (κ2) is 15.1. The molecule has 49 heavy (non-hydrogen) atoms. The molecule has 1 atom stereocenters. The average Bonchev–Trinajstić information content (AvgIpc) is 3.06. The molecule has 0 aliphatic carbocycles. The maximum absolute atomic E-state index is 14.6. The zero-order chi connectivity index (χ0) is 35.3. The number of sulfonamides is 1. The van der Waals surface area contributed by atoms with Crippen LogP contribution in [0.25, 0.3) is 0 Å². The Morgan fingerprint density at radius 1 is 0.857 bits per heavy atom. The van der Waals surface area contributed by atoms with Gasteiger partial charge in [-0.1, -0.05) is 59.6 Å². The number of amides is 2. The highest BCUT2D eigenvalue weighted by molar-refractivity contribution is 7.92. The topological polar surface area (TPSA) is 105 Å². The van der Waals surface area contributed by atoms with Crippen molar-refractivity contribution in [3.05, 3.63) is 118 Å². The molecule has 0 radical (unpaired) electrons. The molecule has 1 N–H and O–H groups in total. The summed E-state index contributed by atoms with van der Waals surface area (Å²) in [5, 5.41) is 3.54. The van der Waals surface area contributed by atoms with Gasteiger partial charge in [0.2, 0.25) is 11.8 Å². The maximum Gasteiger partial charge on any atom is 0.264 e. The van der Waals surface area contributed by atoms with Gasteiger partial charge in [0.1, 0.15) is 31.6 Å². The minimum atomic E-state index is -4.46. The molecule has 5 rings (SSSR count). The summed E-state index contributed by atoms with van der Waals surface area (Å²) >= 11 is 12.5. The van der Waals surface area contributed by atoms with Crippen LogP contribution in [0.2, 0.25) is 10.0 Å². The molecule has 4 aromatic carbocycles. The second-order valence-electron chi connectivity index (χ2n) is 12.5. The van der Waals surface area contributed by atoms with Crippen LogP contribution in [0.1, 0.15) is 31.9 Å². The molecular weight excluding hydrogens is 692 g/mol. The van der Waals surface area contributed by atoms with E-state index in [0.717, 1.165) is 22.0 Å². The number of hydrogen-bond acceptors (Lipinski definition) is 6. The Labute approximate surface area is 295 Å². The van der Waals surface area contributed by atoms with Crippen LogP contribution in [0.5, 0.6) is 11.5 Å². The lowest BCUT2D eigenvalue weighted by Crippen LogP contribution is -2.56. The van der Waals surface area contributed by atoms with Gasteiger partial charge in [-0.2, -0.15) is 0 Å². The molecule has 1 heterocycles. The van der Waals surface area contributed by atoms with Crippen molar-refractivity contribution >= 4 is 50.7 Å². The summed E-state index contributed by atoms with van der Waals surface area (Å²) in [6.45, 7) is 5.20. The Morgan fingerprint density at radius 2 is 1.53 bits per heavy atom. The molecule has 0 aromatic heterocycles. The lowest BCUT2D eigenvalue weighted by Gasteiger charge is -2.35. The van der Waals surface area contributed by atoms with E-state index in [4.69, 9.17) is 32.7 Å².